The van der Waals surface area contributed by atoms with Crippen LogP contribution >= 0.6 is 0 Å². The minimum atomic E-state index is -0.441. The Morgan fingerprint density at radius 2 is 1.47 bits per heavy atom. The molecule has 0 aliphatic heterocycles. The summed E-state index contributed by atoms with van der Waals surface area (Å²) in [6, 6.07) is 0. The van der Waals surface area contributed by atoms with Gasteiger partial charge in [-0.1, -0.05) is 20.3 Å². The second kappa shape index (κ2) is 11.5. The molecule has 2 bridgehead atoms. The maximum absolute atomic E-state index is 13.5. The van der Waals surface area contributed by atoms with Gasteiger partial charge in [-0.25, -0.2) is 0 Å². The summed E-state index contributed by atoms with van der Waals surface area (Å²) in [4.78, 5) is 26.5. The lowest BCUT2D eigenvalue weighted by molar-refractivity contribution is -0.923. The third-order valence-corrected chi connectivity index (χ3v) is 12.4. The number of likely N-dealkylation sites (N-methyl/N-ethyl adjacent to an activating group) is 1. The molecular weight excluding hydrogens is 478 g/mol. The Balaban J connectivity index is 1.23. The Labute approximate surface area is 232 Å². The van der Waals surface area contributed by atoms with Gasteiger partial charge in [-0.15, -0.1) is 0 Å². The molecule has 0 N–H and O–H groups in total. The van der Waals surface area contributed by atoms with E-state index in [1.165, 1.54) is 6.42 Å². The molecule has 4 aliphatic carbocycles. The second-order valence-corrected chi connectivity index (χ2v) is 14.0. The first kappa shape index (κ1) is 30.0. The highest BCUT2D eigenvalue weighted by atomic mass is 16.6. The minimum Gasteiger partial charge on any atom is -0.463 e. The number of ether oxygens (including phenoxy) is 3. The van der Waals surface area contributed by atoms with Crippen molar-refractivity contribution in [2.24, 2.45) is 33.5 Å². The summed E-state index contributed by atoms with van der Waals surface area (Å²) in [6.45, 7) is 20.6. The number of carbonyl (C=O) groups excluding carboxylic acids is 2. The van der Waals surface area contributed by atoms with E-state index in [1.54, 1.807) is 0 Å². The Bertz CT molecular complexity index is 849. The fourth-order valence-electron chi connectivity index (χ4n) is 9.83. The Hall–Kier alpha value is -0.980. The first-order chi connectivity index (χ1) is 18.0. The molecular formula is C32H56NO5+. The molecule has 0 saturated heterocycles. The normalized spacial score (nSPS) is 38.5. The first-order valence-corrected chi connectivity index (χ1v) is 15.7. The van der Waals surface area contributed by atoms with E-state index in [4.69, 9.17) is 14.2 Å². The number of esters is 1. The van der Waals surface area contributed by atoms with Crippen LogP contribution in [0.1, 0.15) is 99.3 Å². The fourth-order valence-corrected chi connectivity index (χ4v) is 9.83. The molecule has 218 valence electrons. The zero-order valence-electron chi connectivity index (χ0n) is 25.4. The van der Waals surface area contributed by atoms with Gasteiger partial charge in [-0.3, -0.25) is 9.59 Å². The van der Waals surface area contributed by atoms with Crippen LogP contribution in [0.2, 0.25) is 0 Å². The zero-order chi connectivity index (χ0) is 27.7. The number of hydrogen-bond donors (Lipinski definition) is 0. The number of nitrogens with zero attached hydrogens (tertiary/aromatic N) is 1. The van der Waals surface area contributed by atoms with Gasteiger partial charge >= 0.3 is 5.97 Å². The van der Waals surface area contributed by atoms with Gasteiger partial charge in [0.1, 0.15) is 18.9 Å². The summed E-state index contributed by atoms with van der Waals surface area (Å²) in [5.74, 6) is 1.35. The highest BCUT2D eigenvalue weighted by Crippen LogP contribution is 2.73. The summed E-state index contributed by atoms with van der Waals surface area (Å²) in [7, 11) is 0. The van der Waals surface area contributed by atoms with Crippen molar-refractivity contribution in [3.63, 3.8) is 0 Å². The molecule has 6 heteroatoms. The Morgan fingerprint density at radius 1 is 0.842 bits per heavy atom. The van der Waals surface area contributed by atoms with Crippen LogP contribution in [0.5, 0.6) is 0 Å². The van der Waals surface area contributed by atoms with E-state index in [9.17, 15) is 9.59 Å². The monoisotopic (exact) mass is 534 g/mol. The molecule has 1 spiro atoms. The van der Waals surface area contributed by atoms with Crippen LogP contribution in [-0.4, -0.2) is 75.4 Å². The largest absolute Gasteiger partial charge is 0.463 e. The van der Waals surface area contributed by atoms with E-state index in [1.807, 2.05) is 0 Å². The van der Waals surface area contributed by atoms with Crippen LogP contribution in [-0.2, 0) is 23.8 Å². The lowest BCUT2D eigenvalue weighted by Crippen LogP contribution is -2.58. The SMILES string of the molecule is CC[N+](CC)(CC)CCOCCOCCOC(=O)[C@]1(C)CCC[C@@]2(C)[C@@H]3CC[C@@]4(C)C[C@]3(CC[C@@H]21)CC4=O. The minimum absolute atomic E-state index is 0.0415. The molecule has 0 aromatic carbocycles. The highest BCUT2D eigenvalue weighted by Gasteiger charge is 2.68. The van der Waals surface area contributed by atoms with Gasteiger partial charge in [-0.05, 0) is 95.3 Å². The van der Waals surface area contributed by atoms with E-state index in [-0.39, 0.29) is 22.2 Å². The van der Waals surface area contributed by atoms with Gasteiger partial charge < -0.3 is 18.7 Å². The lowest BCUT2D eigenvalue weighted by Gasteiger charge is -2.63. The quantitative estimate of drug-likeness (QED) is 0.169. The van der Waals surface area contributed by atoms with Crippen molar-refractivity contribution in [1.82, 2.24) is 0 Å². The average Bonchev–Trinajstić information content (AvgIpc) is 3.08. The molecule has 38 heavy (non-hydrogen) atoms. The second-order valence-electron chi connectivity index (χ2n) is 14.0. The summed E-state index contributed by atoms with van der Waals surface area (Å²) in [5.41, 5.74) is -0.235. The van der Waals surface area contributed by atoms with Crippen molar-refractivity contribution < 1.29 is 28.3 Å². The molecule has 4 saturated carbocycles. The maximum atomic E-state index is 13.5. The van der Waals surface area contributed by atoms with Crippen LogP contribution in [0.15, 0.2) is 0 Å². The summed E-state index contributed by atoms with van der Waals surface area (Å²) < 4.78 is 18.5. The maximum Gasteiger partial charge on any atom is 0.312 e. The molecule has 6 atom stereocenters. The predicted molar refractivity (Wildman–Crippen MR) is 150 cm³/mol. The van der Waals surface area contributed by atoms with Crippen molar-refractivity contribution in [2.45, 2.75) is 99.3 Å². The van der Waals surface area contributed by atoms with Gasteiger partial charge in [-0.2, -0.15) is 0 Å². The van der Waals surface area contributed by atoms with E-state index < -0.39 is 5.41 Å². The van der Waals surface area contributed by atoms with Crippen LogP contribution in [0.4, 0.5) is 0 Å². The number of rotatable bonds is 13. The molecule has 4 fully saturated rings. The lowest BCUT2D eigenvalue weighted by atomic mass is 9.40. The fraction of sp³-hybridized carbons (Fsp3) is 0.938. The van der Waals surface area contributed by atoms with E-state index in [0.717, 1.165) is 88.6 Å². The van der Waals surface area contributed by atoms with Crippen LogP contribution in [0, 0.1) is 33.5 Å². The number of quaternary nitrogens is 1. The van der Waals surface area contributed by atoms with E-state index >= 15 is 0 Å². The Kier molecular flexibility index (Phi) is 9.06. The highest BCUT2D eigenvalue weighted by molar-refractivity contribution is 5.88. The number of hydrogen-bond acceptors (Lipinski definition) is 5. The topological polar surface area (TPSA) is 61.8 Å². The van der Waals surface area contributed by atoms with Crippen LogP contribution < -0.4 is 0 Å². The number of ketones is 1. The summed E-state index contributed by atoms with van der Waals surface area (Å²) in [5, 5.41) is 0. The first-order valence-electron chi connectivity index (χ1n) is 15.7. The molecule has 4 aliphatic rings. The predicted octanol–water partition coefficient (Wildman–Crippen LogP) is 5.81. The molecule has 6 nitrogen and oxygen atoms in total. The van der Waals surface area contributed by atoms with Gasteiger partial charge in [0.15, 0.2) is 0 Å². The third-order valence-electron chi connectivity index (χ3n) is 12.4. The van der Waals surface area contributed by atoms with E-state index in [0.29, 0.717) is 44.0 Å². The smallest absolute Gasteiger partial charge is 0.312 e. The van der Waals surface area contributed by atoms with Crippen molar-refractivity contribution in [3.05, 3.63) is 0 Å². The Morgan fingerprint density at radius 3 is 2.16 bits per heavy atom. The number of fused-ring (bicyclic) bond motifs is 3. The van der Waals surface area contributed by atoms with Gasteiger partial charge in [0, 0.05) is 11.8 Å². The van der Waals surface area contributed by atoms with Crippen molar-refractivity contribution in [3.8, 4) is 0 Å². The third kappa shape index (κ3) is 5.23. The van der Waals surface area contributed by atoms with Gasteiger partial charge in [0.2, 0.25) is 0 Å². The van der Waals surface area contributed by atoms with Crippen molar-refractivity contribution in [2.75, 3.05) is 59.2 Å². The number of Topliss-reactive ketones (excluding diaryl/α,β-unsaturated/α-hetero) is 1. The van der Waals surface area contributed by atoms with Crippen LogP contribution in [0.3, 0.4) is 0 Å². The molecule has 0 heterocycles. The standard InChI is InChI=1S/C32H56NO5/c1-7-33(8-2,9-3)17-18-36-19-20-37-21-22-38-28(35)31(6)14-10-13-30(5)25(31)12-16-32-23-27(34)29(4,24-32)15-11-26(30)32/h25-26H,7-24H2,1-6H3/q+1/t25-,26-,29-,30+,31+,32-/m0/s1. The molecule has 0 amide bonds. The average molecular weight is 535 g/mol. The summed E-state index contributed by atoms with van der Waals surface area (Å²) in [6.07, 6.45) is 9.31. The molecule has 0 unspecified atom stereocenters. The molecule has 4 rings (SSSR count). The van der Waals surface area contributed by atoms with Crippen molar-refractivity contribution in [1.29, 1.82) is 0 Å². The molecule has 0 aromatic heterocycles. The van der Waals surface area contributed by atoms with Crippen molar-refractivity contribution >= 4 is 11.8 Å². The molecule has 0 radical (unpaired) electrons. The van der Waals surface area contributed by atoms with Gasteiger partial charge in [0.05, 0.1) is 51.5 Å². The van der Waals surface area contributed by atoms with Gasteiger partial charge in [0.25, 0.3) is 0 Å². The van der Waals surface area contributed by atoms with E-state index in [2.05, 4.69) is 41.5 Å². The van der Waals surface area contributed by atoms with Crippen LogP contribution in [0.25, 0.3) is 0 Å². The number of carbonyl (C=O) groups is 2. The molecule has 0 aromatic rings. The summed E-state index contributed by atoms with van der Waals surface area (Å²) >= 11 is 0. The zero-order valence-corrected chi connectivity index (χ0v) is 25.4.